The molecule has 0 saturated carbocycles. The fraction of sp³-hybridized carbons (Fsp3) is 0.375. The molecule has 0 radical (unpaired) electrons. The molecule has 1 aromatic heterocycles. The highest BCUT2D eigenvalue weighted by atomic mass is 16.4. The molecule has 0 spiro atoms. The molecule has 1 unspecified atom stereocenters. The van der Waals surface area contributed by atoms with Crippen molar-refractivity contribution in [2.45, 2.75) is 18.9 Å². The fourth-order valence-corrected chi connectivity index (χ4v) is 2.21. The topological polar surface area (TPSA) is 116 Å². The van der Waals surface area contributed by atoms with Crippen LogP contribution < -0.4 is 5.32 Å². The molecule has 1 heterocycles. The van der Waals surface area contributed by atoms with E-state index < -0.39 is 24.4 Å². The zero-order chi connectivity index (χ0) is 17.7. The maximum absolute atomic E-state index is 11.3. The molecule has 0 aliphatic heterocycles. The van der Waals surface area contributed by atoms with Gasteiger partial charge in [-0.15, -0.1) is 0 Å². The number of benzene rings is 1. The van der Waals surface area contributed by atoms with Gasteiger partial charge in [0.05, 0.1) is 11.9 Å². The number of hydrogen-bond donors (Lipinski definition) is 3. The van der Waals surface area contributed by atoms with E-state index in [0.29, 0.717) is 29.0 Å². The Labute approximate surface area is 139 Å². The highest BCUT2D eigenvalue weighted by Gasteiger charge is 2.22. The summed E-state index contributed by atoms with van der Waals surface area (Å²) in [5, 5.41) is 21.5. The number of nitrogens with one attached hydrogen (secondary N) is 1. The summed E-state index contributed by atoms with van der Waals surface area (Å²) in [6.07, 6.45) is 0.0594. The highest BCUT2D eigenvalue weighted by molar-refractivity contribution is 5.91. The molecule has 2 aromatic rings. The minimum Gasteiger partial charge on any atom is -0.481 e. The van der Waals surface area contributed by atoms with Crippen LogP contribution >= 0.6 is 0 Å². The molecule has 0 amide bonds. The lowest BCUT2D eigenvalue weighted by atomic mass is 10.1. The first-order valence-electron chi connectivity index (χ1n) is 7.48. The molecular formula is C16H20N4O4. The smallest absolute Gasteiger partial charge is 0.326 e. The maximum atomic E-state index is 11.3. The van der Waals surface area contributed by atoms with E-state index in [9.17, 15) is 14.7 Å². The second kappa shape index (κ2) is 7.69. The molecule has 0 aliphatic carbocycles. The second-order valence-corrected chi connectivity index (χ2v) is 5.69. The van der Waals surface area contributed by atoms with Crippen LogP contribution in [0.4, 0.5) is 5.82 Å². The predicted octanol–water partition coefficient (Wildman–Crippen LogP) is 1.07. The number of aromatic nitrogens is 2. The first-order valence-corrected chi connectivity index (χ1v) is 7.48. The predicted molar refractivity (Wildman–Crippen MR) is 89.1 cm³/mol. The Morgan fingerprint density at radius 2 is 1.92 bits per heavy atom. The highest BCUT2D eigenvalue weighted by Crippen LogP contribution is 2.21. The van der Waals surface area contributed by atoms with Crippen molar-refractivity contribution in [3.05, 3.63) is 30.1 Å². The Morgan fingerprint density at radius 1 is 1.21 bits per heavy atom. The molecular weight excluding hydrogens is 312 g/mol. The number of anilines is 1. The number of carboxylic acids is 2. The van der Waals surface area contributed by atoms with Gasteiger partial charge in [0.2, 0.25) is 0 Å². The van der Waals surface area contributed by atoms with E-state index in [2.05, 4.69) is 15.3 Å². The number of hydrogen-bond acceptors (Lipinski definition) is 6. The van der Waals surface area contributed by atoms with Crippen LogP contribution in [0, 0.1) is 0 Å². The summed E-state index contributed by atoms with van der Waals surface area (Å²) in [6.45, 7) is 0.745. The van der Waals surface area contributed by atoms with E-state index in [4.69, 9.17) is 5.11 Å². The van der Waals surface area contributed by atoms with Gasteiger partial charge < -0.3 is 20.4 Å². The van der Waals surface area contributed by atoms with Gasteiger partial charge in [-0.25, -0.2) is 14.8 Å². The first-order chi connectivity index (χ1) is 11.4. The van der Waals surface area contributed by atoms with Crippen LogP contribution in [0.25, 0.3) is 10.9 Å². The number of para-hydroxylation sites is 1. The minimum absolute atomic E-state index is 0.336. The molecule has 1 aromatic carbocycles. The van der Waals surface area contributed by atoms with Crippen LogP contribution in [0.1, 0.15) is 12.2 Å². The van der Waals surface area contributed by atoms with E-state index in [1.807, 2.05) is 31.1 Å². The van der Waals surface area contributed by atoms with Gasteiger partial charge in [-0.05, 0) is 26.2 Å². The van der Waals surface area contributed by atoms with Crippen molar-refractivity contribution in [2.24, 2.45) is 0 Å². The van der Waals surface area contributed by atoms with Crippen LogP contribution in [-0.4, -0.2) is 63.7 Å². The van der Waals surface area contributed by atoms with Gasteiger partial charge in [-0.2, -0.15) is 0 Å². The van der Waals surface area contributed by atoms with Crippen LogP contribution in [-0.2, 0) is 16.0 Å². The van der Waals surface area contributed by atoms with Crippen LogP contribution in [0.3, 0.4) is 0 Å². The van der Waals surface area contributed by atoms with Gasteiger partial charge in [0.1, 0.15) is 17.7 Å². The van der Waals surface area contributed by atoms with Crippen molar-refractivity contribution in [3.8, 4) is 0 Å². The third-order valence-electron chi connectivity index (χ3n) is 3.42. The second-order valence-electron chi connectivity index (χ2n) is 5.69. The van der Waals surface area contributed by atoms with Crippen LogP contribution in [0.5, 0.6) is 0 Å². The van der Waals surface area contributed by atoms with Gasteiger partial charge in [0, 0.05) is 18.4 Å². The van der Waals surface area contributed by atoms with Crippen molar-refractivity contribution in [1.82, 2.24) is 14.9 Å². The van der Waals surface area contributed by atoms with Crippen molar-refractivity contribution >= 4 is 28.7 Å². The fourth-order valence-electron chi connectivity index (χ4n) is 2.21. The Balaban J connectivity index is 2.38. The molecule has 0 saturated heterocycles. The Morgan fingerprint density at radius 3 is 2.54 bits per heavy atom. The van der Waals surface area contributed by atoms with E-state index in [-0.39, 0.29) is 0 Å². The van der Waals surface area contributed by atoms with E-state index in [1.165, 1.54) is 0 Å². The lowest BCUT2D eigenvalue weighted by Gasteiger charge is -2.16. The maximum Gasteiger partial charge on any atom is 0.326 e. The molecule has 2 rings (SSSR count). The van der Waals surface area contributed by atoms with Gasteiger partial charge >= 0.3 is 11.9 Å². The van der Waals surface area contributed by atoms with Crippen molar-refractivity contribution in [3.63, 3.8) is 0 Å². The number of fused-ring (bicyclic) bond motifs is 1. The van der Waals surface area contributed by atoms with E-state index >= 15 is 0 Å². The average molecular weight is 332 g/mol. The Bertz CT molecular complexity index is 748. The van der Waals surface area contributed by atoms with Gasteiger partial charge in [0.15, 0.2) is 0 Å². The number of aliphatic carboxylic acids is 2. The van der Waals surface area contributed by atoms with Crippen molar-refractivity contribution in [2.75, 3.05) is 26.0 Å². The lowest BCUT2D eigenvalue weighted by molar-refractivity contribution is -0.144. The van der Waals surface area contributed by atoms with E-state index in [0.717, 1.165) is 6.54 Å². The third-order valence-corrected chi connectivity index (χ3v) is 3.42. The molecule has 0 bridgehead atoms. The molecule has 3 N–H and O–H groups in total. The summed E-state index contributed by atoms with van der Waals surface area (Å²) in [7, 11) is 3.88. The molecule has 8 nitrogen and oxygen atoms in total. The number of likely N-dealkylation sites (N-methyl/N-ethyl adjacent to an activating group) is 1. The molecule has 0 fully saturated rings. The zero-order valence-corrected chi connectivity index (χ0v) is 13.6. The summed E-state index contributed by atoms with van der Waals surface area (Å²) in [6, 6.07) is 5.95. The molecule has 128 valence electrons. The molecule has 1 atom stereocenters. The third kappa shape index (κ3) is 4.63. The summed E-state index contributed by atoms with van der Waals surface area (Å²) in [5.74, 6) is -1.52. The van der Waals surface area contributed by atoms with Gasteiger partial charge in [-0.3, -0.25) is 4.79 Å². The van der Waals surface area contributed by atoms with E-state index in [1.54, 1.807) is 12.1 Å². The van der Waals surface area contributed by atoms with Crippen LogP contribution in [0.15, 0.2) is 24.3 Å². The van der Waals surface area contributed by atoms with Gasteiger partial charge in [0.25, 0.3) is 0 Å². The Kier molecular flexibility index (Phi) is 5.64. The number of carboxylic acid groups (broad SMARTS) is 2. The number of carbonyl (C=O) groups is 2. The first kappa shape index (κ1) is 17.6. The molecule has 24 heavy (non-hydrogen) atoms. The molecule has 0 aliphatic rings. The number of nitrogens with zero attached hydrogens (tertiary/aromatic N) is 3. The SMILES string of the molecule is CN(C)CCc1nc(NC(CC(=O)O)C(=O)O)c2ccccc2n1. The monoisotopic (exact) mass is 332 g/mol. The summed E-state index contributed by atoms with van der Waals surface area (Å²) < 4.78 is 0. The largest absolute Gasteiger partial charge is 0.481 e. The summed E-state index contributed by atoms with van der Waals surface area (Å²) in [5.41, 5.74) is 0.684. The minimum atomic E-state index is -1.26. The normalized spacial score (nSPS) is 12.3. The lowest BCUT2D eigenvalue weighted by Crippen LogP contribution is -2.32. The summed E-state index contributed by atoms with van der Waals surface area (Å²) in [4.78, 5) is 33.0. The molecule has 8 heteroatoms. The average Bonchev–Trinajstić information content (AvgIpc) is 2.51. The standard InChI is InChI=1S/C16H20N4O4/c1-20(2)8-7-13-17-11-6-4-3-5-10(11)15(19-13)18-12(16(23)24)9-14(21)22/h3-6,12H,7-9H2,1-2H3,(H,21,22)(H,23,24)(H,17,18,19). The summed E-state index contributed by atoms with van der Waals surface area (Å²) >= 11 is 0. The Hall–Kier alpha value is -2.74. The number of rotatable bonds is 8. The van der Waals surface area contributed by atoms with Crippen molar-refractivity contribution < 1.29 is 19.8 Å². The van der Waals surface area contributed by atoms with Crippen molar-refractivity contribution in [1.29, 1.82) is 0 Å². The van der Waals surface area contributed by atoms with Crippen LogP contribution in [0.2, 0.25) is 0 Å². The zero-order valence-electron chi connectivity index (χ0n) is 13.6. The van der Waals surface area contributed by atoms with Gasteiger partial charge in [-0.1, -0.05) is 12.1 Å². The quantitative estimate of drug-likeness (QED) is 0.657.